The molecule has 0 spiro atoms. The predicted molar refractivity (Wildman–Crippen MR) is 112 cm³/mol. The highest BCUT2D eigenvalue weighted by Crippen LogP contribution is 2.40. The molecule has 1 saturated carbocycles. The molecule has 7 nitrogen and oxygen atoms in total. The largest absolute Gasteiger partial charge is 0.316 e. The van der Waals surface area contributed by atoms with Crippen LogP contribution < -0.4 is 10.0 Å². The summed E-state index contributed by atoms with van der Waals surface area (Å²) in [5.74, 6) is 0.203. The SMILES string of the molecule is O=C(C1CCC(n2c(-c3cccc[n+]3O)nc3cccnc32)CC1)C1(F)CCNCC1. The Bertz CT molecular complexity index is 1100. The topological polar surface area (TPSA) is 83.9 Å². The van der Waals surface area contributed by atoms with E-state index in [1.165, 1.54) is 0 Å². The van der Waals surface area contributed by atoms with Crippen molar-refractivity contribution in [2.24, 2.45) is 5.92 Å². The van der Waals surface area contributed by atoms with Crippen LogP contribution in [0.4, 0.5) is 4.39 Å². The van der Waals surface area contributed by atoms with Crippen molar-refractivity contribution in [1.29, 1.82) is 0 Å². The number of Topliss-reactive ketones (excluding diaryl/α,β-unsaturated/α-hetero) is 1. The summed E-state index contributed by atoms with van der Waals surface area (Å²) in [4.78, 5) is 22.2. The Morgan fingerprint density at radius 3 is 2.68 bits per heavy atom. The number of hydrogen-bond donors (Lipinski definition) is 2. The van der Waals surface area contributed by atoms with Gasteiger partial charge in [-0.25, -0.2) is 14.4 Å². The number of fused-ring (bicyclic) bond motifs is 1. The number of rotatable bonds is 4. The first-order valence-electron chi connectivity index (χ1n) is 11.0. The van der Waals surface area contributed by atoms with E-state index in [0.29, 0.717) is 37.4 Å². The smallest absolute Gasteiger partial charge is 0.299 e. The molecule has 2 fully saturated rings. The van der Waals surface area contributed by atoms with Crippen molar-refractivity contribution in [3.05, 3.63) is 42.7 Å². The highest BCUT2D eigenvalue weighted by atomic mass is 19.1. The fourth-order valence-electron chi connectivity index (χ4n) is 5.10. The van der Waals surface area contributed by atoms with Crippen LogP contribution in [0.1, 0.15) is 44.6 Å². The third-order valence-corrected chi connectivity index (χ3v) is 6.79. The van der Waals surface area contributed by atoms with Crippen LogP contribution in [0.15, 0.2) is 42.7 Å². The normalized spacial score (nSPS) is 23.6. The van der Waals surface area contributed by atoms with Crippen molar-refractivity contribution >= 4 is 16.9 Å². The lowest BCUT2D eigenvalue weighted by molar-refractivity contribution is -0.896. The molecular weight excluding hydrogens is 397 g/mol. The minimum absolute atomic E-state index is 0.0859. The molecule has 2 aliphatic rings. The van der Waals surface area contributed by atoms with E-state index in [1.807, 2.05) is 24.3 Å². The molecule has 1 saturated heterocycles. The molecule has 0 unspecified atom stereocenters. The molecule has 1 aliphatic heterocycles. The molecule has 0 aromatic carbocycles. The minimum Gasteiger partial charge on any atom is -0.316 e. The summed E-state index contributed by atoms with van der Waals surface area (Å²) in [7, 11) is 0. The van der Waals surface area contributed by atoms with E-state index in [1.54, 1.807) is 18.5 Å². The van der Waals surface area contributed by atoms with Gasteiger partial charge in [0.25, 0.3) is 5.69 Å². The Morgan fingerprint density at radius 1 is 1.16 bits per heavy atom. The Hall–Kier alpha value is -2.87. The molecule has 0 bridgehead atoms. The molecule has 5 rings (SSSR count). The Morgan fingerprint density at radius 2 is 1.94 bits per heavy atom. The second-order valence-electron chi connectivity index (χ2n) is 8.67. The van der Waals surface area contributed by atoms with Gasteiger partial charge in [0.2, 0.25) is 12.0 Å². The standard InChI is InChI=1S/C23H27FN5O2/c24-23(10-13-25-14-11-23)20(30)16-6-8-17(9-7-16)29-21-18(4-3-12-26-21)27-22(29)19-5-1-2-15-28(19)31/h1-5,12,15-17,25,31H,6-11,13-14H2/q+1. The third-order valence-electron chi connectivity index (χ3n) is 6.79. The zero-order valence-electron chi connectivity index (χ0n) is 17.4. The van der Waals surface area contributed by atoms with Gasteiger partial charge in [-0.3, -0.25) is 10.0 Å². The number of pyridine rings is 2. The van der Waals surface area contributed by atoms with E-state index in [9.17, 15) is 10.0 Å². The van der Waals surface area contributed by atoms with E-state index < -0.39 is 5.67 Å². The molecule has 0 radical (unpaired) electrons. The number of nitrogens with zero attached hydrogens (tertiary/aromatic N) is 4. The average Bonchev–Trinajstić information content (AvgIpc) is 3.19. The van der Waals surface area contributed by atoms with E-state index in [0.717, 1.165) is 28.7 Å². The lowest BCUT2D eigenvalue weighted by Gasteiger charge is -2.35. The summed E-state index contributed by atoms with van der Waals surface area (Å²) in [6.45, 7) is 1.12. The van der Waals surface area contributed by atoms with E-state index in [-0.39, 0.29) is 30.6 Å². The van der Waals surface area contributed by atoms with Crippen molar-refractivity contribution in [1.82, 2.24) is 19.9 Å². The van der Waals surface area contributed by atoms with Crippen LogP contribution >= 0.6 is 0 Å². The van der Waals surface area contributed by atoms with Gasteiger partial charge in [-0.2, -0.15) is 0 Å². The van der Waals surface area contributed by atoms with Crippen molar-refractivity contribution in [3.63, 3.8) is 0 Å². The van der Waals surface area contributed by atoms with Gasteiger partial charge in [0, 0.05) is 47.9 Å². The minimum atomic E-state index is -1.68. The summed E-state index contributed by atoms with van der Waals surface area (Å²) in [5, 5.41) is 13.5. The van der Waals surface area contributed by atoms with E-state index >= 15 is 4.39 Å². The van der Waals surface area contributed by atoms with Crippen molar-refractivity contribution in [2.75, 3.05) is 13.1 Å². The van der Waals surface area contributed by atoms with Crippen LogP contribution in [0, 0.1) is 5.92 Å². The first kappa shape index (κ1) is 20.1. The molecule has 162 valence electrons. The zero-order valence-corrected chi connectivity index (χ0v) is 17.4. The molecule has 3 aromatic rings. The molecule has 0 atom stereocenters. The highest BCUT2D eigenvalue weighted by Gasteiger charge is 2.44. The monoisotopic (exact) mass is 424 g/mol. The first-order chi connectivity index (χ1) is 15.1. The Labute approximate surface area is 179 Å². The number of hydrogen-bond acceptors (Lipinski definition) is 5. The van der Waals surface area contributed by atoms with Gasteiger partial charge in [0.05, 0.1) is 0 Å². The summed E-state index contributed by atoms with van der Waals surface area (Å²) < 4.78 is 18.4. The fourth-order valence-corrected chi connectivity index (χ4v) is 5.10. The molecule has 4 heterocycles. The number of ketones is 1. The van der Waals surface area contributed by atoms with Crippen molar-refractivity contribution in [2.45, 2.75) is 50.2 Å². The summed E-state index contributed by atoms with van der Waals surface area (Å²) in [6, 6.07) is 9.26. The van der Waals surface area contributed by atoms with Crippen LogP contribution in [-0.4, -0.2) is 44.3 Å². The van der Waals surface area contributed by atoms with Gasteiger partial charge in [0.15, 0.2) is 17.1 Å². The fraction of sp³-hybridized carbons (Fsp3) is 0.478. The van der Waals surface area contributed by atoms with Gasteiger partial charge >= 0.3 is 0 Å². The molecule has 2 N–H and O–H groups in total. The summed E-state index contributed by atoms with van der Waals surface area (Å²) in [5.41, 5.74) is 0.424. The molecule has 3 aromatic heterocycles. The highest BCUT2D eigenvalue weighted by molar-refractivity contribution is 5.89. The number of halogens is 1. The number of carbonyl (C=O) groups excluding carboxylic acids is 1. The number of nitrogens with one attached hydrogen (secondary N) is 1. The van der Waals surface area contributed by atoms with Gasteiger partial charge in [0.1, 0.15) is 5.52 Å². The summed E-state index contributed by atoms with van der Waals surface area (Å²) in [6.07, 6.45) is 6.66. The van der Waals surface area contributed by atoms with Gasteiger partial charge < -0.3 is 9.88 Å². The Balaban J connectivity index is 1.43. The van der Waals surface area contributed by atoms with E-state index in [2.05, 4.69) is 14.9 Å². The van der Waals surface area contributed by atoms with E-state index in [4.69, 9.17) is 4.98 Å². The lowest BCUT2D eigenvalue weighted by Crippen LogP contribution is -2.47. The second kappa shape index (κ2) is 8.00. The van der Waals surface area contributed by atoms with Gasteiger partial charge in [-0.1, -0.05) is 0 Å². The van der Waals surface area contributed by atoms with Crippen molar-refractivity contribution in [3.8, 4) is 11.5 Å². The maximum atomic E-state index is 15.2. The third kappa shape index (κ3) is 3.59. The molecule has 8 heteroatoms. The van der Waals surface area contributed by atoms with Gasteiger partial charge in [-0.05, 0) is 57.0 Å². The molecular formula is C23H27FN5O2+. The van der Waals surface area contributed by atoms with Crippen LogP contribution in [0.3, 0.4) is 0 Å². The zero-order chi connectivity index (χ0) is 21.4. The van der Waals surface area contributed by atoms with Crippen LogP contribution in [0.5, 0.6) is 0 Å². The number of aromatic nitrogens is 4. The average molecular weight is 425 g/mol. The first-order valence-corrected chi connectivity index (χ1v) is 11.0. The lowest BCUT2D eigenvalue weighted by atomic mass is 9.76. The van der Waals surface area contributed by atoms with Crippen LogP contribution in [0.25, 0.3) is 22.7 Å². The molecule has 0 amide bonds. The van der Waals surface area contributed by atoms with Crippen molar-refractivity contribution < 1.29 is 19.1 Å². The number of alkyl halides is 1. The number of piperidine rings is 1. The molecule has 31 heavy (non-hydrogen) atoms. The maximum absolute atomic E-state index is 15.2. The second-order valence-corrected chi connectivity index (χ2v) is 8.67. The Kier molecular flexibility index (Phi) is 5.17. The van der Waals surface area contributed by atoms with Crippen LogP contribution in [0.2, 0.25) is 0 Å². The maximum Gasteiger partial charge on any atom is 0.299 e. The van der Waals surface area contributed by atoms with Gasteiger partial charge in [-0.15, -0.1) is 0 Å². The quantitative estimate of drug-likeness (QED) is 0.497. The number of imidazole rings is 1. The molecule has 1 aliphatic carbocycles. The van der Waals surface area contributed by atoms with Crippen LogP contribution in [-0.2, 0) is 4.79 Å². The predicted octanol–water partition coefficient (Wildman–Crippen LogP) is 3.02. The number of carbonyl (C=O) groups is 1. The summed E-state index contributed by atoms with van der Waals surface area (Å²) >= 11 is 0.